The second-order valence-corrected chi connectivity index (χ2v) is 5.69. The Labute approximate surface area is 219 Å². The third-order valence-corrected chi connectivity index (χ3v) is 4.37. The van der Waals surface area contributed by atoms with Crippen molar-refractivity contribution in [2.24, 2.45) is 0 Å². The number of rotatable bonds is 4. The van der Waals surface area contributed by atoms with Gasteiger partial charge in [0.2, 0.25) is 0 Å². The maximum atomic E-state index is 10.5. The van der Waals surface area contributed by atoms with Crippen molar-refractivity contribution in [1.29, 1.82) is 0 Å². The monoisotopic (exact) mass is 354 g/mol. The fourth-order valence-electron chi connectivity index (χ4n) is 0.308. The fourth-order valence-corrected chi connectivity index (χ4v) is 2.57. The third-order valence-electron chi connectivity index (χ3n) is 0.794. The van der Waals surface area contributed by atoms with Crippen LogP contribution >= 0.6 is 26.8 Å². The number of halogens is 1. The Kier molecular flexibility index (Phi) is 25.1. The van der Waals surface area contributed by atoms with E-state index in [1.54, 1.807) is 0 Å². The maximum Gasteiger partial charge on any atom is 1.00 e. The molecule has 0 aromatic heterocycles. The minimum atomic E-state index is -5.61. The molecular formula is C2H4ClK3O7P2. The molecule has 0 saturated heterocycles. The molecule has 0 aliphatic heterocycles. The van der Waals surface area contributed by atoms with E-state index in [9.17, 15) is 23.8 Å². The molecule has 7 nitrogen and oxygen atoms in total. The van der Waals surface area contributed by atoms with Crippen molar-refractivity contribution >= 4 is 26.8 Å². The third kappa shape index (κ3) is 12.9. The van der Waals surface area contributed by atoms with Crippen molar-refractivity contribution < 1.29 is 188 Å². The van der Waals surface area contributed by atoms with Gasteiger partial charge in [0.05, 0.1) is 0 Å². The first-order chi connectivity index (χ1) is 5.22. The van der Waals surface area contributed by atoms with Gasteiger partial charge in [-0.15, -0.1) is 0 Å². The minimum Gasteiger partial charge on any atom is -0.809 e. The van der Waals surface area contributed by atoms with Crippen LogP contribution in [-0.4, -0.2) is 16.8 Å². The van der Waals surface area contributed by atoms with Crippen molar-refractivity contribution in [3.63, 3.8) is 0 Å². The second-order valence-electron chi connectivity index (χ2n) is 1.66. The normalized spacial score (nSPS) is 16.1. The Morgan fingerprint density at radius 1 is 1.20 bits per heavy atom. The number of alkyl halides is 1. The molecule has 0 saturated carbocycles. The van der Waals surface area contributed by atoms with E-state index in [1.165, 1.54) is 0 Å². The summed E-state index contributed by atoms with van der Waals surface area (Å²) in [6.07, 6.45) is 0. The Morgan fingerprint density at radius 2 is 1.53 bits per heavy atom. The zero-order chi connectivity index (χ0) is 9.99. The first-order valence-corrected chi connectivity index (χ1v) is 6.18. The van der Waals surface area contributed by atoms with Crippen molar-refractivity contribution in [2.75, 3.05) is 6.07 Å². The summed E-state index contributed by atoms with van der Waals surface area (Å²) in [7, 11) is -10.7. The molecule has 1 N–H and O–H groups in total. The fraction of sp³-hybridized carbons (Fsp3) is 1.00. The molecule has 0 heterocycles. The van der Waals surface area contributed by atoms with Gasteiger partial charge in [-0.25, -0.2) is 0 Å². The van der Waals surface area contributed by atoms with E-state index in [1.807, 2.05) is 0 Å². The molecule has 15 heavy (non-hydrogen) atoms. The molecule has 0 aromatic carbocycles. The Balaban J connectivity index is -0.000000202. The standard InChI is InChI=1S/C2H7ClO7P2.3K/c3-1-10-12(8,9)2(4)11(5,6)7;;;/h2,4H,1H2,(H,8,9)(H2,5,6,7);;;/q;3*+1/p-3. The molecule has 0 rings (SSSR count). The van der Waals surface area contributed by atoms with E-state index in [0.29, 0.717) is 0 Å². The van der Waals surface area contributed by atoms with Crippen LogP contribution in [0.25, 0.3) is 0 Å². The molecule has 0 amide bonds. The summed E-state index contributed by atoms with van der Waals surface area (Å²) in [6, 6.07) is -0.863. The predicted molar refractivity (Wildman–Crippen MR) is 33.0 cm³/mol. The molecule has 74 valence electrons. The van der Waals surface area contributed by atoms with Gasteiger partial charge in [-0.3, -0.25) is 0 Å². The van der Waals surface area contributed by atoms with Gasteiger partial charge in [-0.2, -0.15) is 0 Å². The quantitative estimate of drug-likeness (QED) is 0.301. The van der Waals surface area contributed by atoms with Crippen molar-refractivity contribution in [1.82, 2.24) is 0 Å². The first-order valence-electron chi connectivity index (χ1n) is 2.43. The van der Waals surface area contributed by atoms with E-state index in [-0.39, 0.29) is 154 Å². The smallest absolute Gasteiger partial charge is 0.809 e. The van der Waals surface area contributed by atoms with Gasteiger partial charge in [0, 0.05) is 0 Å². The number of hydrogen-bond acceptors (Lipinski definition) is 7. The van der Waals surface area contributed by atoms with Crippen LogP contribution in [0.15, 0.2) is 0 Å². The molecule has 0 aliphatic carbocycles. The van der Waals surface area contributed by atoms with Crippen LogP contribution in [0.2, 0.25) is 0 Å². The van der Waals surface area contributed by atoms with Gasteiger partial charge in [-0.05, 0) is 7.60 Å². The number of aliphatic hydroxyl groups excluding tert-OH is 1. The van der Waals surface area contributed by atoms with Gasteiger partial charge < -0.3 is 33.4 Å². The van der Waals surface area contributed by atoms with Crippen LogP contribution in [0.4, 0.5) is 0 Å². The summed E-state index contributed by atoms with van der Waals surface area (Å²) in [4.78, 5) is 30.4. The molecule has 0 spiro atoms. The van der Waals surface area contributed by atoms with Crippen molar-refractivity contribution in [3.8, 4) is 0 Å². The van der Waals surface area contributed by atoms with Crippen LogP contribution < -0.4 is 169 Å². The van der Waals surface area contributed by atoms with E-state index in [4.69, 9.17) is 16.7 Å². The molecule has 0 bridgehead atoms. The van der Waals surface area contributed by atoms with Crippen LogP contribution in [0, 0.1) is 0 Å². The average Bonchev–Trinajstić information content (AvgIpc) is 1.84. The number of aliphatic hydroxyl groups is 1. The molecule has 0 fully saturated rings. The summed E-state index contributed by atoms with van der Waals surface area (Å²) in [5.41, 5.74) is -3.08. The largest absolute Gasteiger partial charge is 1.00 e. The minimum absolute atomic E-state index is 0. The maximum absolute atomic E-state index is 10.5. The SMILES string of the molecule is O=P([O-])([O-])C(O)P(=O)([O-])OCCl.[K+].[K+].[K+]. The predicted octanol–water partition coefficient (Wildman–Crippen LogP) is -11.0. The topological polar surface area (TPSA) is 133 Å². The average molecular weight is 355 g/mol. The number of hydrogen-bond donors (Lipinski definition) is 1. The molecule has 0 radical (unpaired) electrons. The molecule has 2 atom stereocenters. The van der Waals surface area contributed by atoms with Crippen molar-refractivity contribution in [2.45, 2.75) is 5.59 Å². The zero-order valence-corrected chi connectivity index (χ0v) is 20.4. The molecular weight excluding hydrogens is 351 g/mol. The zero-order valence-electron chi connectivity index (χ0n) is 8.45. The van der Waals surface area contributed by atoms with E-state index >= 15 is 0 Å². The van der Waals surface area contributed by atoms with Gasteiger partial charge in [0.25, 0.3) is 0 Å². The first kappa shape index (κ1) is 28.6. The Bertz CT molecular complexity index is 244. The van der Waals surface area contributed by atoms with Crippen LogP contribution in [0.3, 0.4) is 0 Å². The van der Waals surface area contributed by atoms with Crippen molar-refractivity contribution in [3.05, 3.63) is 0 Å². The summed E-state index contributed by atoms with van der Waals surface area (Å²) in [5, 5.41) is 8.40. The Morgan fingerprint density at radius 3 is 1.73 bits per heavy atom. The van der Waals surface area contributed by atoms with Crippen LogP contribution in [-0.2, 0) is 13.7 Å². The summed E-state index contributed by atoms with van der Waals surface area (Å²) in [6.45, 7) is 0. The Hall–Kier alpha value is 5.46. The van der Waals surface area contributed by atoms with E-state index in [2.05, 4.69) is 4.52 Å². The molecule has 0 aliphatic rings. The van der Waals surface area contributed by atoms with Gasteiger partial charge in [0.1, 0.15) is 11.7 Å². The molecule has 0 aromatic rings. The van der Waals surface area contributed by atoms with E-state index in [0.717, 1.165) is 0 Å². The van der Waals surface area contributed by atoms with Crippen LogP contribution in [0.1, 0.15) is 0 Å². The van der Waals surface area contributed by atoms with E-state index < -0.39 is 26.8 Å². The molecule has 13 heteroatoms. The van der Waals surface area contributed by atoms with Gasteiger partial charge in [0.15, 0.2) is 7.60 Å². The van der Waals surface area contributed by atoms with Crippen LogP contribution in [0.5, 0.6) is 0 Å². The van der Waals surface area contributed by atoms with Gasteiger partial charge in [-0.1, -0.05) is 11.6 Å². The molecule has 2 unspecified atom stereocenters. The summed E-state index contributed by atoms with van der Waals surface area (Å²) in [5.74, 6) is 0. The summed E-state index contributed by atoms with van der Waals surface area (Å²) >= 11 is 4.78. The van der Waals surface area contributed by atoms with Gasteiger partial charge >= 0.3 is 154 Å². The second kappa shape index (κ2) is 13.1. The summed E-state index contributed by atoms with van der Waals surface area (Å²) < 4.78 is 24.1.